The van der Waals surface area contributed by atoms with Gasteiger partial charge in [-0.1, -0.05) is 37.5 Å². The Morgan fingerprint density at radius 1 is 1.27 bits per heavy atom. The number of rotatable bonds is 6. The van der Waals surface area contributed by atoms with E-state index in [1.54, 1.807) is 0 Å². The minimum Gasteiger partial charge on any atom is -0.369 e. The molecule has 1 aliphatic rings. The predicted molar refractivity (Wildman–Crippen MR) is 95.8 cm³/mol. The summed E-state index contributed by atoms with van der Waals surface area (Å²) in [6, 6.07) is 9.28. The topological polar surface area (TPSA) is 39.7 Å². The molecule has 0 amide bonds. The summed E-state index contributed by atoms with van der Waals surface area (Å²) in [6.07, 6.45) is 4.89. The molecule has 1 heterocycles. The fourth-order valence-electron chi connectivity index (χ4n) is 2.84. The molecule has 22 heavy (non-hydrogen) atoms. The first-order chi connectivity index (χ1) is 10.7. The summed E-state index contributed by atoms with van der Waals surface area (Å²) in [5, 5.41) is 6.96. The maximum Gasteiger partial charge on any atom is 0.191 e. The van der Waals surface area contributed by atoms with Crippen molar-refractivity contribution >= 4 is 11.6 Å². The van der Waals surface area contributed by atoms with E-state index in [9.17, 15) is 0 Å². The third-order valence-electron chi connectivity index (χ3n) is 4.22. The van der Waals surface area contributed by atoms with Gasteiger partial charge in [0.2, 0.25) is 0 Å². The highest BCUT2D eigenvalue weighted by Gasteiger charge is 2.23. The second-order valence-electron chi connectivity index (χ2n) is 6.12. The fraction of sp³-hybridized carbons (Fsp3) is 0.611. The number of unbranched alkanes of at least 4 members (excludes halogenated alkanes) is 2. The van der Waals surface area contributed by atoms with Gasteiger partial charge in [0.25, 0.3) is 0 Å². The van der Waals surface area contributed by atoms with E-state index in [-0.39, 0.29) is 0 Å². The van der Waals surface area contributed by atoms with Gasteiger partial charge in [0.1, 0.15) is 0 Å². The molecule has 4 heteroatoms. The highest BCUT2D eigenvalue weighted by atomic mass is 15.2. The number of guanidine groups is 1. The smallest absolute Gasteiger partial charge is 0.191 e. The van der Waals surface area contributed by atoms with Crippen LogP contribution in [0.3, 0.4) is 0 Å². The molecule has 0 spiro atoms. The molecule has 1 aromatic rings. The molecule has 1 unspecified atom stereocenters. The van der Waals surface area contributed by atoms with Crippen LogP contribution in [-0.2, 0) is 0 Å². The summed E-state index contributed by atoms with van der Waals surface area (Å²) in [7, 11) is 1.85. The molecule has 1 saturated heterocycles. The number of nitrogens with zero attached hydrogens (tertiary/aromatic N) is 2. The van der Waals surface area contributed by atoms with E-state index in [1.807, 2.05) is 7.05 Å². The van der Waals surface area contributed by atoms with Crippen molar-refractivity contribution in [3.8, 4) is 0 Å². The summed E-state index contributed by atoms with van der Waals surface area (Å²) in [5.74, 6) is 0.937. The Morgan fingerprint density at radius 3 is 2.73 bits per heavy atom. The van der Waals surface area contributed by atoms with Gasteiger partial charge in [0, 0.05) is 38.4 Å². The van der Waals surface area contributed by atoms with Gasteiger partial charge in [-0.25, -0.2) is 0 Å². The minimum absolute atomic E-state index is 0.471. The van der Waals surface area contributed by atoms with Crippen molar-refractivity contribution in [2.45, 2.75) is 45.6 Å². The van der Waals surface area contributed by atoms with Crippen molar-refractivity contribution in [3.05, 3.63) is 29.8 Å². The van der Waals surface area contributed by atoms with Crippen LogP contribution in [0.25, 0.3) is 0 Å². The van der Waals surface area contributed by atoms with E-state index in [2.05, 4.69) is 58.6 Å². The summed E-state index contributed by atoms with van der Waals surface area (Å²) in [4.78, 5) is 6.78. The summed E-state index contributed by atoms with van der Waals surface area (Å²) in [6.45, 7) is 7.51. The lowest BCUT2D eigenvalue weighted by atomic mass is 10.2. The monoisotopic (exact) mass is 302 g/mol. The Balaban J connectivity index is 1.78. The third kappa shape index (κ3) is 4.93. The number of aliphatic imine (C=N–C) groups is 1. The van der Waals surface area contributed by atoms with Crippen molar-refractivity contribution < 1.29 is 0 Å². The van der Waals surface area contributed by atoms with Gasteiger partial charge in [-0.05, 0) is 31.9 Å². The molecule has 4 nitrogen and oxygen atoms in total. The fourth-order valence-corrected chi connectivity index (χ4v) is 2.84. The second kappa shape index (κ2) is 8.66. The first-order valence-electron chi connectivity index (χ1n) is 8.51. The molecule has 1 fully saturated rings. The summed E-state index contributed by atoms with van der Waals surface area (Å²) < 4.78 is 0. The van der Waals surface area contributed by atoms with Crippen molar-refractivity contribution in [2.75, 3.05) is 31.6 Å². The SMILES string of the molecule is CCCCCNC(=NC)NC1CCN(c2ccc(C)cc2)C1. The highest BCUT2D eigenvalue weighted by molar-refractivity contribution is 5.80. The van der Waals surface area contributed by atoms with E-state index >= 15 is 0 Å². The molecule has 2 N–H and O–H groups in total. The molecule has 2 rings (SSSR count). The zero-order valence-electron chi connectivity index (χ0n) is 14.2. The number of benzene rings is 1. The molecular formula is C18H30N4. The Kier molecular flexibility index (Phi) is 6.56. The van der Waals surface area contributed by atoms with E-state index < -0.39 is 0 Å². The normalized spacial score (nSPS) is 18.6. The number of aryl methyl sites for hydroxylation is 1. The number of hydrogen-bond acceptors (Lipinski definition) is 2. The van der Waals surface area contributed by atoms with Gasteiger partial charge in [0.05, 0.1) is 0 Å². The van der Waals surface area contributed by atoms with Gasteiger partial charge < -0.3 is 15.5 Å². The van der Waals surface area contributed by atoms with E-state index in [0.717, 1.165) is 32.0 Å². The Morgan fingerprint density at radius 2 is 2.05 bits per heavy atom. The minimum atomic E-state index is 0.471. The summed E-state index contributed by atoms with van der Waals surface area (Å²) in [5.41, 5.74) is 2.63. The lowest BCUT2D eigenvalue weighted by molar-refractivity contribution is 0.633. The highest BCUT2D eigenvalue weighted by Crippen LogP contribution is 2.20. The number of anilines is 1. The standard InChI is InChI=1S/C18H30N4/c1-4-5-6-12-20-18(19-3)21-16-11-13-22(14-16)17-9-7-15(2)8-10-17/h7-10,16H,4-6,11-14H2,1-3H3,(H2,19,20,21). The molecule has 1 aromatic carbocycles. The van der Waals surface area contributed by atoms with Crippen molar-refractivity contribution in [2.24, 2.45) is 4.99 Å². The van der Waals surface area contributed by atoms with Gasteiger partial charge in [-0.15, -0.1) is 0 Å². The van der Waals surface area contributed by atoms with Crippen LogP contribution in [0.15, 0.2) is 29.3 Å². The van der Waals surface area contributed by atoms with E-state index in [1.165, 1.54) is 30.5 Å². The van der Waals surface area contributed by atoms with Crippen molar-refractivity contribution in [1.82, 2.24) is 10.6 Å². The maximum absolute atomic E-state index is 4.33. The van der Waals surface area contributed by atoms with Crippen LogP contribution in [0, 0.1) is 6.92 Å². The maximum atomic E-state index is 4.33. The van der Waals surface area contributed by atoms with E-state index in [0.29, 0.717) is 6.04 Å². The number of hydrogen-bond donors (Lipinski definition) is 2. The largest absolute Gasteiger partial charge is 0.369 e. The first kappa shape index (κ1) is 16.7. The van der Waals surface area contributed by atoms with Gasteiger partial charge in [-0.3, -0.25) is 4.99 Å². The van der Waals surface area contributed by atoms with Crippen LogP contribution in [0.2, 0.25) is 0 Å². The average Bonchev–Trinajstić information content (AvgIpc) is 2.99. The average molecular weight is 302 g/mol. The quantitative estimate of drug-likeness (QED) is 0.482. The molecule has 0 aliphatic carbocycles. The first-order valence-corrected chi connectivity index (χ1v) is 8.51. The van der Waals surface area contributed by atoms with Gasteiger partial charge >= 0.3 is 0 Å². The van der Waals surface area contributed by atoms with Gasteiger partial charge in [0.15, 0.2) is 5.96 Å². The van der Waals surface area contributed by atoms with Crippen molar-refractivity contribution in [3.63, 3.8) is 0 Å². The zero-order chi connectivity index (χ0) is 15.8. The molecule has 1 aliphatic heterocycles. The third-order valence-corrected chi connectivity index (χ3v) is 4.22. The molecule has 0 saturated carbocycles. The zero-order valence-corrected chi connectivity index (χ0v) is 14.2. The molecular weight excluding hydrogens is 272 g/mol. The molecule has 1 atom stereocenters. The molecule has 0 radical (unpaired) electrons. The number of nitrogens with one attached hydrogen (secondary N) is 2. The van der Waals surface area contributed by atoms with E-state index in [4.69, 9.17) is 0 Å². The molecule has 0 bridgehead atoms. The van der Waals surface area contributed by atoms with Crippen LogP contribution in [0.5, 0.6) is 0 Å². The Hall–Kier alpha value is -1.71. The van der Waals surface area contributed by atoms with Crippen LogP contribution in [0.4, 0.5) is 5.69 Å². The lowest BCUT2D eigenvalue weighted by Gasteiger charge is -2.20. The van der Waals surface area contributed by atoms with Gasteiger partial charge in [-0.2, -0.15) is 0 Å². The summed E-state index contributed by atoms with van der Waals surface area (Å²) >= 11 is 0. The van der Waals surface area contributed by atoms with Crippen LogP contribution in [0.1, 0.15) is 38.2 Å². The van der Waals surface area contributed by atoms with Crippen LogP contribution in [-0.4, -0.2) is 38.7 Å². The molecule has 122 valence electrons. The Labute approximate surface area is 135 Å². The van der Waals surface area contributed by atoms with Crippen molar-refractivity contribution in [1.29, 1.82) is 0 Å². The predicted octanol–water partition coefficient (Wildman–Crippen LogP) is 2.93. The van der Waals surface area contributed by atoms with Crippen LogP contribution >= 0.6 is 0 Å². The van der Waals surface area contributed by atoms with Crippen LogP contribution < -0.4 is 15.5 Å². The Bertz CT molecular complexity index is 466. The lowest BCUT2D eigenvalue weighted by Crippen LogP contribution is -2.44. The second-order valence-corrected chi connectivity index (χ2v) is 6.12. The molecule has 0 aromatic heterocycles.